The molecule has 21 heavy (non-hydrogen) atoms. The van der Waals surface area contributed by atoms with Crippen LogP contribution in [0.25, 0.3) is 0 Å². The van der Waals surface area contributed by atoms with Crippen LogP contribution in [0.4, 0.5) is 10.1 Å². The van der Waals surface area contributed by atoms with Gasteiger partial charge in [0.25, 0.3) is 0 Å². The van der Waals surface area contributed by atoms with Crippen LogP contribution in [0.5, 0.6) is 5.75 Å². The summed E-state index contributed by atoms with van der Waals surface area (Å²) < 4.78 is 18.3. The average molecular weight is 297 g/mol. The lowest BCUT2D eigenvalue weighted by molar-refractivity contribution is -0.386. The fourth-order valence-corrected chi connectivity index (χ4v) is 1.63. The minimum Gasteiger partial charge on any atom is -0.502 e. The number of nitriles is 1. The number of halogens is 1. The molecule has 0 aliphatic heterocycles. The maximum Gasteiger partial charge on any atom is 0.342 e. The monoisotopic (exact) mass is 297 g/mol. The van der Waals surface area contributed by atoms with E-state index in [1.807, 2.05) is 0 Å². The van der Waals surface area contributed by atoms with Crippen molar-refractivity contribution in [2.75, 3.05) is 6.61 Å². The number of ether oxygens (including phenoxy) is 1. The maximum absolute atomic E-state index is 13.8. The molecule has 3 N–H and O–H groups in total. The third-order valence-corrected chi connectivity index (χ3v) is 2.63. The van der Waals surface area contributed by atoms with E-state index in [4.69, 9.17) is 11.0 Å². The third kappa shape index (κ3) is 3.43. The molecule has 1 rings (SSSR count). The van der Waals surface area contributed by atoms with Crippen molar-refractivity contribution >= 4 is 11.7 Å². The molecule has 0 saturated heterocycles. The molecule has 0 fully saturated rings. The molecule has 1 aromatic rings. The maximum atomic E-state index is 13.8. The van der Waals surface area contributed by atoms with Crippen molar-refractivity contribution in [1.29, 1.82) is 5.26 Å². The number of hydrogen-bond donors (Lipinski definition) is 2. The second kappa shape index (κ2) is 6.62. The van der Waals surface area contributed by atoms with Crippen molar-refractivity contribution in [3.8, 4) is 11.8 Å². The Morgan fingerprint density at radius 3 is 2.76 bits per heavy atom. The van der Waals surface area contributed by atoms with E-state index in [0.29, 0.717) is 0 Å². The highest BCUT2D eigenvalue weighted by Gasteiger charge is 2.32. The van der Waals surface area contributed by atoms with Crippen LogP contribution >= 0.6 is 0 Å². The zero-order valence-electron chi connectivity index (χ0n) is 10.9. The topological polar surface area (TPSA) is 139 Å². The van der Waals surface area contributed by atoms with Gasteiger partial charge in [0.15, 0.2) is 5.75 Å². The Morgan fingerprint density at radius 1 is 1.67 bits per heavy atom. The molecular weight excluding hydrogens is 285 g/mol. The van der Waals surface area contributed by atoms with Gasteiger partial charge in [-0.05, 0) is 13.0 Å². The summed E-state index contributed by atoms with van der Waals surface area (Å²) >= 11 is 0. The molecule has 0 aliphatic rings. The minimum atomic E-state index is -2.33. The smallest absolute Gasteiger partial charge is 0.342 e. The summed E-state index contributed by atoms with van der Waals surface area (Å²) in [4.78, 5) is 21.1. The van der Waals surface area contributed by atoms with E-state index in [1.165, 1.54) is 6.92 Å². The molecule has 0 bridgehead atoms. The van der Waals surface area contributed by atoms with Crippen LogP contribution in [0, 0.1) is 21.4 Å². The van der Waals surface area contributed by atoms with Crippen LogP contribution in [0.15, 0.2) is 12.1 Å². The standard InChI is InChI=1S/C12H12FN3O5/c1-2-21-12(18)9(13)10(15)7-3-6(5-14)4-8(11(7)17)16(19)20/h3-4,9-10,17H,2,15H2,1H3/t9?,10-/m0/s1. The Hall–Kier alpha value is -2.73. The fourth-order valence-electron chi connectivity index (χ4n) is 1.63. The van der Waals surface area contributed by atoms with Gasteiger partial charge in [-0.15, -0.1) is 0 Å². The number of phenolic OH excluding ortho intramolecular Hbond substituents is 1. The Labute approximate surface area is 118 Å². The lowest BCUT2D eigenvalue weighted by Crippen LogP contribution is -2.31. The van der Waals surface area contributed by atoms with E-state index in [2.05, 4.69) is 4.74 Å². The van der Waals surface area contributed by atoms with Crippen molar-refractivity contribution < 1.29 is 24.0 Å². The van der Waals surface area contributed by atoms with Crippen molar-refractivity contribution in [2.24, 2.45) is 5.73 Å². The van der Waals surface area contributed by atoms with Gasteiger partial charge in [-0.2, -0.15) is 5.26 Å². The van der Waals surface area contributed by atoms with Crippen LogP contribution < -0.4 is 5.73 Å². The van der Waals surface area contributed by atoms with Gasteiger partial charge in [0.05, 0.1) is 29.2 Å². The van der Waals surface area contributed by atoms with Crippen molar-refractivity contribution in [2.45, 2.75) is 19.1 Å². The molecule has 0 spiro atoms. The van der Waals surface area contributed by atoms with Gasteiger partial charge in [0.1, 0.15) is 0 Å². The summed E-state index contributed by atoms with van der Waals surface area (Å²) in [5.41, 5.74) is 4.09. The van der Waals surface area contributed by atoms with Gasteiger partial charge >= 0.3 is 11.7 Å². The average Bonchev–Trinajstić information content (AvgIpc) is 2.45. The van der Waals surface area contributed by atoms with Gasteiger partial charge in [-0.1, -0.05) is 0 Å². The van der Waals surface area contributed by atoms with Crippen LogP contribution in [0.1, 0.15) is 24.1 Å². The van der Waals surface area contributed by atoms with E-state index in [0.717, 1.165) is 12.1 Å². The molecule has 0 radical (unpaired) electrons. The van der Waals surface area contributed by atoms with Crippen LogP contribution in [-0.4, -0.2) is 28.8 Å². The molecule has 0 amide bonds. The van der Waals surface area contributed by atoms with E-state index < -0.39 is 40.1 Å². The normalized spacial score (nSPS) is 13.0. The lowest BCUT2D eigenvalue weighted by Gasteiger charge is -2.17. The second-order valence-corrected chi connectivity index (χ2v) is 3.98. The third-order valence-electron chi connectivity index (χ3n) is 2.63. The molecular formula is C12H12FN3O5. The number of carbonyl (C=O) groups excluding carboxylic acids is 1. The number of nitrogens with two attached hydrogens (primary N) is 1. The summed E-state index contributed by atoms with van der Waals surface area (Å²) in [5, 5.41) is 29.3. The van der Waals surface area contributed by atoms with Crippen LogP contribution in [-0.2, 0) is 9.53 Å². The molecule has 0 heterocycles. The fraction of sp³-hybridized carbons (Fsp3) is 0.333. The SMILES string of the molecule is CCOC(=O)C(F)[C@@H](N)c1cc(C#N)cc([N+](=O)[O-])c1O. The molecule has 0 aliphatic carbocycles. The number of benzene rings is 1. The highest BCUT2D eigenvalue weighted by molar-refractivity contribution is 5.76. The highest BCUT2D eigenvalue weighted by Crippen LogP contribution is 2.35. The Bertz CT molecular complexity index is 614. The second-order valence-electron chi connectivity index (χ2n) is 3.98. The number of rotatable bonds is 5. The van der Waals surface area contributed by atoms with E-state index in [9.17, 15) is 24.4 Å². The molecule has 112 valence electrons. The lowest BCUT2D eigenvalue weighted by atomic mass is 9.99. The number of carbonyl (C=O) groups is 1. The van der Waals surface area contributed by atoms with E-state index in [1.54, 1.807) is 6.07 Å². The van der Waals surface area contributed by atoms with E-state index in [-0.39, 0.29) is 12.2 Å². The number of hydrogen-bond acceptors (Lipinski definition) is 7. The number of alkyl halides is 1. The van der Waals surface area contributed by atoms with Gasteiger partial charge < -0.3 is 15.6 Å². The summed E-state index contributed by atoms with van der Waals surface area (Å²) in [6.07, 6.45) is -2.33. The molecule has 8 nitrogen and oxygen atoms in total. The first-order chi connectivity index (χ1) is 9.83. The predicted molar refractivity (Wildman–Crippen MR) is 67.9 cm³/mol. The van der Waals surface area contributed by atoms with Gasteiger partial charge in [0.2, 0.25) is 6.17 Å². The van der Waals surface area contributed by atoms with Crippen LogP contribution in [0.2, 0.25) is 0 Å². The van der Waals surface area contributed by atoms with Crippen molar-refractivity contribution in [1.82, 2.24) is 0 Å². The zero-order valence-corrected chi connectivity index (χ0v) is 10.9. The number of aromatic hydroxyl groups is 1. The number of nitrogens with zero attached hydrogens (tertiary/aromatic N) is 2. The van der Waals surface area contributed by atoms with Gasteiger partial charge in [-0.3, -0.25) is 10.1 Å². The van der Waals surface area contributed by atoms with E-state index >= 15 is 0 Å². The quantitative estimate of drug-likeness (QED) is 0.470. The number of esters is 1. The first kappa shape index (κ1) is 16.3. The highest BCUT2D eigenvalue weighted by atomic mass is 19.1. The molecule has 0 saturated carbocycles. The molecule has 1 unspecified atom stereocenters. The van der Waals surface area contributed by atoms with Gasteiger partial charge in [0, 0.05) is 11.6 Å². The van der Waals surface area contributed by atoms with Gasteiger partial charge in [-0.25, -0.2) is 9.18 Å². The Morgan fingerprint density at radius 2 is 2.29 bits per heavy atom. The molecule has 1 aromatic carbocycles. The minimum absolute atomic E-state index is 0.0731. The largest absolute Gasteiger partial charge is 0.502 e. The summed E-state index contributed by atoms with van der Waals surface area (Å²) in [7, 11) is 0. The van der Waals surface area contributed by atoms with Crippen molar-refractivity contribution in [3.63, 3.8) is 0 Å². The molecule has 0 aromatic heterocycles. The first-order valence-corrected chi connectivity index (χ1v) is 5.81. The summed E-state index contributed by atoms with van der Waals surface area (Å²) in [6, 6.07) is 1.74. The zero-order chi connectivity index (χ0) is 16.2. The summed E-state index contributed by atoms with van der Waals surface area (Å²) in [6.45, 7) is 1.39. The number of phenols is 1. The molecule has 9 heteroatoms. The number of nitro groups is 1. The first-order valence-electron chi connectivity index (χ1n) is 5.81. The van der Waals surface area contributed by atoms with Crippen molar-refractivity contribution in [3.05, 3.63) is 33.4 Å². The Kier molecular flexibility index (Phi) is 5.15. The summed E-state index contributed by atoms with van der Waals surface area (Å²) in [5.74, 6) is -2.15. The predicted octanol–water partition coefficient (Wildman–Crippen LogP) is 1.07. The van der Waals surface area contributed by atoms with Crippen LogP contribution in [0.3, 0.4) is 0 Å². The number of nitro benzene ring substituents is 1. The Balaban J connectivity index is 3.29. The molecule has 2 atom stereocenters.